The van der Waals surface area contributed by atoms with Crippen LogP contribution in [0.25, 0.3) is 0 Å². The number of nitrogens with one attached hydrogen (secondary N) is 2. The fraction of sp³-hybridized carbons (Fsp3) is 0.278. The van der Waals surface area contributed by atoms with Crippen LogP contribution in [-0.2, 0) is 11.2 Å². The van der Waals surface area contributed by atoms with Gasteiger partial charge in [-0.1, -0.05) is 48.5 Å². The van der Waals surface area contributed by atoms with Crippen LogP contribution in [-0.4, -0.2) is 18.5 Å². The Balaban J connectivity index is 1.74. The Labute approximate surface area is 125 Å². The summed E-state index contributed by atoms with van der Waals surface area (Å²) >= 11 is 0. The van der Waals surface area contributed by atoms with Gasteiger partial charge in [0.25, 0.3) is 0 Å². The van der Waals surface area contributed by atoms with E-state index in [-0.39, 0.29) is 11.9 Å². The molecule has 3 rings (SSSR count). The molecule has 108 valence electrons. The van der Waals surface area contributed by atoms with Crippen molar-refractivity contribution < 1.29 is 4.79 Å². The van der Waals surface area contributed by atoms with E-state index >= 15 is 0 Å². The summed E-state index contributed by atoms with van der Waals surface area (Å²) < 4.78 is 0. The maximum absolute atomic E-state index is 12.2. The maximum Gasteiger partial charge on any atom is 0.241 e. The molecule has 3 heteroatoms. The van der Waals surface area contributed by atoms with Crippen LogP contribution in [0.3, 0.4) is 0 Å². The van der Waals surface area contributed by atoms with Crippen LogP contribution < -0.4 is 10.6 Å². The van der Waals surface area contributed by atoms with Gasteiger partial charge in [0, 0.05) is 5.69 Å². The molecule has 1 aliphatic heterocycles. The molecule has 0 saturated carbocycles. The molecule has 0 aliphatic carbocycles. The van der Waals surface area contributed by atoms with Gasteiger partial charge in [-0.15, -0.1) is 0 Å². The Morgan fingerprint density at radius 3 is 2.62 bits per heavy atom. The summed E-state index contributed by atoms with van der Waals surface area (Å²) in [4.78, 5) is 12.2. The second kappa shape index (κ2) is 6.55. The highest BCUT2D eigenvalue weighted by atomic mass is 16.2. The molecule has 1 amide bonds. The topological polar surface area (TPSA) is 41.1 Å². The van der Waals surface area contributed by atoms with Crippen LogP contribution >= 0.6 is 0 Å². The minimum atomic E-state index is -0.0465. The lowest BCUT2D eigenvalue weighted by molar-refractivity contribution is -0.117. The third-order valence-electron chi connectivity index (χ3n) is 3.89. The first kappa shape index (κ1) is 13.8. The normalized spacial score (nSPS) is 17.6. The molecular formula is C18H20N2O. The van der Waals surface area contributed by atoms with Crippen molar-refractivity contribution in [3.8, 4) is 0 Å². The number of anilines is 1. The quantitative estimate of drug-likeness (QED) is 0.904. The van der Waals surface area contributed by atoms with Crippen molar-refractivity contribution in [2.45, 2.75) is 25.3 Å². The Morgan fingerprint density at radius 1 is 1.10 bits per heavy atom. The van der Waals surface area contributed by atoms with Crippen LogP contribution in [0, 0.1) is 0 Å². The first-order valence-corrected chi connectivity index (χ1v) is 7.49. The third-order valence-corrected chi connectivity index (χ3v) is 3.89. The summed E-state index contributed by atoms with van der Waals surface area (Å²) in [7, 11) is 0. The van der Waals surface area contributed by atoms with E-state index in [0.717, 1.165) is 37.1 Å². The maximum atomic E-state index is 12.2. The average Bonchev–Trinajstić information content (AvgIpc) is 3.05. The molecule has 0 spiro atoms. The minimum absolute atomic E-state index is 0.0465. The van der Waals surface area contributed by atoms with Gasteiger partial charge in [-0.2, -0.15) is 0 Å². The smallest absolute Gasteiger partial charge is 0.241 e. The Bertz CT molecular complexity index is 604. The molecule has 1 unspecified atom stereocenters. The fourth-order valence-corrected chi connectivity index (χ4v) is 2.74. The van der Waals surface area contributed by atoms with Crippen molar-refractivity contribution in [2.24, 2.45) is 0 Å². The second-order valence-corrected chi connectivity index (χ2v) is 5.46. The van der Waals surface area contributed by atoms with Gasteiger partial charge in [0.15, 0.2) is 0 Å². The molecule has 0 bridgehead atoms. The molecule has 1 fully saturated rings. The number of hydrogen-bond donors (Lipinski definition) is 2. The lowest BCUT2D eigenvalue weighted by Gasteiger charge is -2.14. The van der Waals surface area contributed by atoms with E-state index in [2.05, 4.69) is 28.8 Å². The van der Waals surface area contributed by atoms with Crippen molar-refractivity contribution in [3.05, 3.63) is 65.7 Å². The molecule has 1 aliphatic rings. The zero-order valence-electron chi connectivity index (χ0n) is 12.0. The standard InChI is InChI=1S/C18H20N2O/c21-18(17-11-6-12-19-17)20-16-10-5-4-9-15(16)13-14-7-2-1-3-8-14/h1-5,7-10,17,19H,6,11-13H2,(H,20,21). The van der Waals surface area contributed by atoms with Gasteiger partial charge in [-0.25, -0.2) is 0 Å². The van der Waals surface area contributed by atoms with E-state index in [1.165, 1.54) is 5.56 Å². The number of rotatable bonds is 4. The Hall–Kier alpha value is -2.13. The lowest BCUT2D eigenvalue weighted by Crippen LogP contribution is -2.35. The SMILES string of the molecule is O=C(Nc1ccccc1Cc1ccccc1)C1CCCN1. The van der Waals surface area contributed by atoms with Crippen LogP contribution in [0.1, 0.15) is 24.0 Å². The average molecular weight is 280 g/mol. The van der Waals surface area contributed by atoms with Crippen molar-refractivity contribution in [1.82, 2.24) is 5.32 Å². The van der Waals surface area contributed by atoms with Crippen molar-refractivity contribution >= 4 is 11.6 Å². The molecule has 1 heterocycles. The molecule has 1 saturated heterocycles. The predicted octanol–water partition coefficient (Wildman–Crippen LogP) is 2.97. The van der Waals surface area contributed by atoms with Crippen LogP contribution in [0.2, 0.25) is 0 Å². The molecule has 0 radical (unpaired) electrons. The van der Waals surface area contributed by atoms with Gasteiger partial charge in [-0.05, 0) is 43.0 Å². The summed E-state index contributed by atoms with van der Waals surface area (Å²) in [6.45, 7) is 0.934. The van der Waals surface area contributed by atoms with Crippen molar-refractivity contribution in [1.29, 1.82) is 0 Å². The Morgan fingerprint density at radius 2 is 1.86 bits per heavy atom. The number of amides is 1. The van der Waals surface area contributed by atoms with Gasteiger partial charge in [0.1, 0.15) is 0 Å². The molecule has 2 N–H and O–H groups in total. The van der Waals surface area contributed by atoms with Crippen molar-refractivity contribution in [2.75, 3.05) is 11.9 Å². The predicted molar refractivity (Wildman–Crippen MR) is 85.3 cm³/mol. The highest BCUT2D eigenvalue weighted by Crippen LogP contribution is 2.20. The number of benzene rings is 2. The van der Waals surface area contributed by atoms with E-state index in [1.54, 1.807) is 0 Å². The number of hydrogen-bond acceptors (Lipinski definition) is 2. The third kappa shape index (κ3) is 3.50. The van der Waals surface area contributed by atoms with Gasteiger partial charge in [0.2, 0.25) is 5.91 Å². The highest BCUT2D eigenvalue weighted by Gasteiger charge is 2.22. The van der Waals surface area contributed by atoms with Crippen molar-refractivity contribution in [3.63, 3.8) is 0 Å². The second-order valence-electron chi connectivity index (χ2n) is 5.46. The van der Waals surface area contributed by atoms with E-state index < -0.39 is 0 Å². The van der Waals surface area contributed by atoms with Crippen LogP contribution in [0.4, 0.5) is 5.69 Å². The van der Waals surface area contributed by atoms with Gasteiger partial charge >= 0.3 is 0 Å². The molecular weight excluding hydrogens is 260 g/mol. The zero-order chi connectivity index (χ0) is 14.5. The summed E-state index contributed by atoms with van der Waals surface area (Å²) in [6, 6.07) is 18.3. The fourth-order valence-electron chi connectivity index (χ4n) is 2.74. The molecule has 0 aromatic heterocycles. The van der Waals surface area contributed by atoms with E-state index in [4.69, 9.17) is 0 Å². The lowest BCUT2D eigenvalue weighted by atomic mass is 10.0. The molecule has 2 aromatic carbocycles. The highest BCUT2D eigenvalue weighted by molar-refractivity contribution is 5.95. The zero-order valence-corrected chi connectivity index (χ0v) is 12.0. The largest absolute Gasteiger partial charge is 0.324 e. The van der Waals surface area contributed by atoms with Gasteiger partial charge < -0.3 is 10.6 Å². The molecule has 3 nitrogen and oxygen atoms in total. The number of para-hydroxylation sites is 1. The van der Waals surface area contributed by atoms with Crippen LogP contribution in [0.15, 0.2) is 54.6 Å². The summed E-state index contributed by atoms with van der Waals surface area (Å²) in [6.07, 6.45) is 2.83. The molecule has 1 atom stereocenters. The number of carbonyl (C=O) groups is 1. The molecule has 2 aromatic rings. The summed E-state index contributed by atoms with van der Waals surface area (Å²) in [5.74, 6) is 0.0769. The first-order valence-electron chi connectivity index (χ1n) is 7.49. The van der Waals surface area contributed by atoms with E-state index in [9.17, 15) is 4.79 Å². The monoisotopic (exact) mass is 280 g/mol. The first-order chi connectivity index (χ1) is 10.3. The van der Waals surface area contributed by atoms with Gasteiger partial charge in [-0.3, -0.25) is 4.79 Å². The summed E-state index contributed by atoms with van der Waals surface area (Å²) in [5.41, 5.74) is 3.31. The van der Waals surface area contributed by atoms with Gasteiger partial charge in [0.05, 0.1) is 6.04 Å². The van der Waals surface area contributed by atoms with E-state index in [1.807, 2.05) is 36.4 Å². The van der Waals surface area contributed by atoms with Crippen LogP contribution in [0.5, 0.6) is 0 Å². The Kier molecular flexibility index (Phi) is 4.31. The number of carbonyl (C=O) groups excluding carboxylic acids is 1. The van der Waals surface area contributed by atoms with E-state index in [0.29, 0.717) is 0 Å². The minimum Gasteiger partial charge on any atom is -0.324 e. The molecule has 21 heavy (non-hydrogen) atoms. The summed E-state index contributed by atoms with van der Waals surface area (Å²) in [5, 5.41) is 6.31.